The Hall–Kier alpha value is -2.79. The standard InChI is InChI=1S/C19H15F6N3O2/c20-18(21,22)13-8-10(9-1-3-11(4-2-9)30-19(23,24)25)7-12-14(13)17(29)28-6-5-27-16(26)15(12)28/h1-4,7-8,15-16,27H,5-6,26H2/t15?,16-/m1/s1. The Kier molecular flexibility index (Phi) is 4.70. The van der Waals surface area contributed by atoms with Crippen LogP contribution in [0, 0.1) is 0 Å². The van der Waals surface area contributed by atoms with Gasteiger partial charge in [0.1, 0.15) is 5.75 Å². The third-order valence-corrected chi connectivity index (χ3v) is 5.10. The molecule has 11 heteroatoms. The number of piperazine rings is 1. The molecule has 2 atom stereocenters. The lowest BCUT2D eigenvalue weighted by Gasteiger charge is -2.35. The number of amides is 1. The van der Waals surface area contributed by atoms with Crippen LogP contribution < -0.4 is 15.8 Å². The SMILES string of the molecule is N[C@@H]1NCCN2C(=O)c3c(cc(-c4ccc(OC(F)(F)F)cc4)cc3C(F)(F)F)C12. The second-order valence-electron chi connectivity index (χ2n) is 6.98. The molecule has 2 aromatic carbocycles. The number of hydrogen-bond acceptors (Lipinski definition) is 4. The Morgan fingerprint density at radius 2 is 1.70 bits per heavy atom. The minimum Gasteiger partial charge on any atom is -0.406 e. The quantitative estimate of drug-likeness (QED) is 0.713. The first-order valence-electron chi connectivity index (χ1n) is 8.87. The number of rotatable bonds is 2. The predicted molar refractivity (Wildman–Crippen MR) is 93.3 cm³/mol. The Labute approximate surface area is 166 Å². The molecule has 0 saturated carbocycles. The second kappa shape index (κ2) is 6.88. The van der Waals surface area contributed by atoms with Gasteiger partial charge >= 0.3 is 12.5 Å². The maximum atomic E-state index is 13.8. The van der Waals surface area contributed by atoms with Gasteiger partial charge in [-0.2, -0.15) is 13.2 Å². The van der Waals surface area contributed by atoms with E-state index in [-0.39, 0.29) is 23.2 Å². The number of halogens is 6. The highest BCUT2D eigenvalue weighted by molar-refractivity contribution is 6.02. The molecular formula is C19H15F6N3O2. The molecule has 5 nitrogen and oxygen atoms in total. The normalized spacial score (nSPS) is 21.4. The zero-order valence-electron chi connectivity index (χ0n) is 15.1. The molecule has 1 unspecified atom stereocenters. The van der Waals surface area contributed by atoms with Crippen molar-refractivity contribution in [2.24, 2.45) is 5.73 Å². The minimum absolute atomic E-state index is 0.104. The number of carbonyl (C=O) groups excluding carboxylic acids is 1. The monoisotopic (exact) mass is 431 g/mol. The van der Waals surface area contributed by atoms with Crippen molar-refractivity contribution in [3.05, 3.63) is 53.1 Å². The van der Waals surface area contributed by atoms with Gasteiger partial charge in [-0.1, -0.05) is 12.1 Å². The molecule has 0 aliphatic carbocycles. The molecule has 160 valence electrons. The van der Waals surface area contributed by atoms with Gasteiger partial charge in [0, 0.05) is 13.1 Å². The summed E-state index contributed by atoms with van der Waals surface area (Å²) >= 11 is 0. The Bertz CT molecular complexity index is 987. The highest BCUT2D eigenvalue weighted by atomic mass is 19.4. The summed E-state index contributed by atoms with van der Waals surface area (Å²) < 4.78 is 82.1. The number of alkyl halides is 6. The Morgan fingerprint density at radius 3 is 2.30 bits per heavy atom. The summed E-state index contributed by atoms with van der Waals surface area (Å²) in [5.74, 6) is -1.23. The van der Waals surface area contributed by atoms with E-state index in [4.69, 9.17) is 5.73 Å². The van der Waals surface area contributed by atoms with Crippen LogP contribution in [0.2, 0.25) is 0 Å². The third-order valence-electron chi connectivity index (χ3n) is 5.10. The molecule has 2 heterocycles. The molecule has 2 aliphatic heterocycles. The first-order chi connectivity index (χ1) is 14.0. The summed E-state index contributed by atoms with van der Waals surface area (Å²) in [6, 6.07) is 5.94. The Balaban J connectivity index is 1.82. The van der Waals surface area contributed by atoms with E-state index < -0.39 is 47.5 Å². The lowest BCUT2D eigenvalue weighted by atomic mass is 9.92. The van der Waals surface area contributed by atoms with Gasteiger partial charge in [-0.05, 0) is 41.0 Å². The highest BCUT2D eigenvalue weighted by Crippen LogP contribution is 2.45. The van der Waals surface area contributed by atoms with Crippen LogP contribution in [0.15, 0.2) is 36.4 Å². The number of benzene rings is 2. The van der Waals surface area contributed by atoms with Crippen LogP contribution in [-0.4, -0.2) is 36.4 Å². The highest BCUT2D eigenvalue weighted by Gasteiger charge is 2.48. The van der Waals surface area contributed by atoms with Crippen molar-refractivity contribution in [1.29, 1.82) is 0 Å². The van der Waals surface area contributed by atoms with Gasteiger partial charge in [-0.15, -0.1) is 13.2 Å². The van der Waals surface area contributed by atoms with Gasteiger partial charge < -0.3 is 15.4 Å². The number of nitrogens with two attached hydrogens (primary N) is 1. The molecule has 30 heavy (non-hydrogen) atoms. The molecule has 1 saturated heterocycles. The van der Waals surface area contributed by atoms with E-state index in [0.29, 0.717) is 6.54 Å². The van der Waals surface area contributed by atoms with Crippen molar-refractivity contribution in [3.8, 4) is 16.9 Å². The number of carbonyl (C=O) groups is 1. The van der Waals surface area contributed by atoms with E-state index in [0.717, 1.165) is 18.2 Å². The van der Waals surface area contributed by atoms with Crippen molar-refractivity contribution < 1.29 is 35.9 Å². The zero-order chi connectivity index (χ0) is 21.8. The first-order valence-corrected chi connectivity index (χ1v) is 8.87. The van der Waals surface area contributed by atoms with Crippen molar-refractivity contribution >= 4 is 5.91 Å². The summed E-state index contributed by atoms with van der Waals surface area (Å²) in [6.45, 7) is 0.564. The van der Waals surface area contributed by atoms with E-state index in [9.17, 15) is 31.1 Å². The summed E-state index contributed by atoms with van der Waals surface area (Å²) in [5, 5.41) is 2.94. The summed E-state index contributed by atoms with van der Waals surface area (Å²) in [4.78, 5) is 14.0. The van der Waals surface area contributed by atoms with Gasteiger partial charge in [0.2, 0.25) is 0 Å². The fourth-order valence-corrected chi connectivity index (χ4v) is 3.90. The van der Waals surface area contributed by atoms with Crippen LogP contribution in [0.4, 0.5) is 26.3 Å². The molecule has 1 amide bonds. The molecule has 0 bridgehead atoms. The fraction of sp³-hybridized carbons (Fsp3) is 0.316. The lowest BCUT2D eigenvalue weighted by Crippen LogP contribution is -2.55. The smallest absolute Gasteiger partial charge is 0.406 e. The number of fused-ring (bicyclic) bond motifs is 3. The summed E-state index contributed by atoms with van der Waals surface area (Å²) in [5.41, 5.74) is 4.96. The molecule has 0 aromatic heterocycles. The van der Waals surface area contributed by atoms with E-state index in [2.05, 4.69) is 10.1 Å². The van der Waals surface area contributed by atoms with E-state index >= 15 is 0 Å². The van der Waals surface area contributed by atoms with Gasteiger partial charge in [0.25, 0.3) is 5.91 Å². The number of ether oxygens (including phenoxy) is 1. The van der Waals surface area contributed by atoms with Crippen molar-refractivity contribution in [1.82, 2.24) is 10.2 Å². The van der Waals surface area contributed by atoms with Gasteiger partial charge in [0.15, 0.2) is 0 Å². The van der Waals surface area contributed by atoms with E-state index in [1.807, 2.05) is 0 Å². The predicted octanol–water partition coefficient (Wildman–Crippen LogP) is 3.66. The number of nitrogens with zero attached hydrogens (tertiary/aromatic N) is 1. The Morgan fingerprint density at radius 1 is 1.03 bits per heavy atom. The number of nitrogens with one attached hydrogen (secondary N) is 1. The van der Waals surface area contributed by atoms with Gasteiger partial charge in [0.05, 0.1) is 23.3 Å². The average Bonchev–Trinajstić information content (AvgIpc) is 2.93. The minimum atomic E-state index is -4.88. The third kappa shape index (κ3) is 3.58. The van der Waals surface area contributed by atoms with Crippen LogP contribution in [0.1, 0.15) is 27.5 Å². The molecule has 1 fully saturated rings. The van der Waals surface area contributed by atoms with Crippen LogP contribution >= 0.6 is 0 Å². The maximum absolute atomic E-state index is 13.8. The summed E-state index contributed by atoms with van der Waals surface area (Å²) in [7, 11) is 0. The topological polar surface area (TPSA) is 67.6 Å². The van der Waals surface area contributed by atoms with Crippen LogP contribution in [0.5, 0.6) is 5.75 Å². The van der Waals surface area contributed by atoms with Crippen LogP contribution in [-0.2, 0) is 6.18 Å². The average molecular weight is 431 g/mol. The van der Waals surface area contributed by atoms with Crippen LogP contribution in [0.3, 0.4) is 0 Å². The van der Waals surface area contributed by atoms with Crippen molar-refractivity contribution in [2.45, 2.75) is 24.7 Å². The zero-order valence-corrected chi connectivity index (χ0v) is 15.1. The summed E-state index contributed by atoms with van der Waals surface area (Å²) in [6.07, 6.45) is -10.4. The molecule has 0 spiro atoms. The molecule has 3 N–H and O–H groups in total. The largest absolute Gasteiger partial charge is 0.573 e. The number of hydrogen-bond donors (Lipinski definition) is 2. The van der Waals surface area contributed by atoms with Gasteiger partial charge in [-0.25, -0.2) is 0 Å². The molecule has 4 rings (SSSR count). The van der Waals surface area contributed by atoms with Crippen molar-refractivity contribution in [3.63, 3.8) is 0 Å². The maximum Gasteiger partial charge on any atom is 0.573 e. The molecule has 0 radical (unpaired) electrons. The fourth-order valence-electron chi connectivity index (χ4n) is 3.90. The van der Waals surface area contributed by atoms with Crippen molar-refractivity contribution in [2.75, 3.05) is 13.1 Å². The van der Waals surface area contributed by atoms with Gasteiger partial charge in [-0.3, -0.25) is 10.1 Å². The van der Waals surface area contributed by atoms with E-state index in [1.54, 1.807) is 0 Å². The molecule has 2 aromatic rings. The first kappa shape index (κ1) is 20.5. The molecule has 2 aliphatic rings. The van der Waals surface area contributed by atoms with Crippen LogP contribution in [0.25, 0.3) is 11.1 Å². The lowest BCUT2D eigenvalue weighted by molar-refractivity contribution is -0.274. The second-order valence-corrected chi connectivity index (χ2v) is 6.98. The molecular weight excluding hydrogens is 416 g/mol. The van der Waals surface area contributed by atoms with E-state index in [1.165, 1.54) is 23.1 Å².